The van der Waals surface area contributed by atoms with E-state index in [9.17, 15) is 18.4 Å². The van der Waals surface area contributed by atoms with Gasteiger partial charge in [0.25, 0.3) is 0 Å². The SMILES string of the molecule is CC(NC(=O)OC(C)(C)C)C(=O)c1ccc(F)cc1F. The number of benzene rings is 1. The van der Waals surface area contributed by atoms with Crippen LogP contribution in [-0.4, -0.2) is 23.5 Å². The lowest BCUT2D eigenvalue weighted by molar-refractivity contribution is 0.0496. The number of rotatable bonds is 3. The fourth-order valence-corrected chi connectivity index (χ4v) is 1.47. The van der Waals surface area contributed by atoms with Gasteiger partial charge in [-0.05, 0) is 39.8 Å². The summed E-state index contributed by atoms with van der Waals surface area (Å²) in [5, 5.41) is 2.31. The molecule has 0 saturated carbocycles. The maximum atomic E-state index is 13.5. The summed E-state index contributed by atoms with van der Waals surface area (Å²) in [6.45, 7) is 6.44. The highest BCUT2D eigenvalue weighted by atomic mass is 19.1. The Morgan fingerprint density at radius 1 is 1.25 bits per heavy atom. The van der Waals surface area contributed by atoms with Crippen molar-refractivity contribution in [3.63, 3.8) is 0 Å². The molecule has 0 aliphatic heterocycles. The van der Waals surface area contributed by atoms with Gasteiger partial charge in [0.1, 0.15) is 17.2 Å². The molecule has 6 heteroatoms. The Bertz CT molecular complexity index is 524. The minimum absolute atomic E-state index is 0.282. The molecule has 0 aliphatic rings. The second-order valence-corrected chi connectivity index (χ2v) is 5.36. The number of halogens is 2. The summed E-state index contributed by atoms with van der Waals surface area (Å²) >= 11 is 0. The van der Waals surface area contributed by atoms with E-state index in [1.807, 2.05) is 0 Å². The molecule has 0 heterocycles. The molecule has 1 aromatic rings. The van der Waals surface area contributed by atoms with Crippen LogP contribution in [0.5, 0.6) is 0 Å². The number of hydrogen-bond acceptors (Lipinski definition) is 3. The maximum absolute atomic E-state index is 13.5. The predicted molar refractivity (Wildman–Crippen MR) is 69.5 cm³/mol. The van der Waals surface area contributed by atoms with E-state index in [1.54, 1.807) is 20.8 Å². The van der Waals surface area contributed by atoms with Gasteiger partial charge in [-0.1, -0.05) is 0 Å². The van der Waals surface area contributed by atoms with E-state index >= 15 is 0 Å². The number of alkyl carbamates (subject to hydrolysis) is 1. The van der Waals surface area contributed by atoms with Crippen molar-refractivity contribution < 1.29 is 23.1 Å². The minimum Gasteiger partial charge on any atom is -0.444 e. The molecule has 0 aromatic heterocycles. The Balaban J connectivity index is 2.75. The molecule has 0 bridgehead atoms. The van der Waals surface area contributed by atoms with Gasteiger partial charge in [0, 0.05) is 6.07 Å². The second-order valence-electron chi connectivity index (χ2n) is 5.36. The van der Waals surface area contributed by atoms with Gasteiger partial charge in [-0.15, -0.1) is 0 Å². The number of ether oxygens (including phenoxy) is 1. The van der Waals surface area contributed by atoms with Gasteiger partial charge in [0.05, 0.1) is 11.6 Å². The quantitative estimate of drug-likeness (QED) is 0.868. The Labute approximate surface area is 116 Å². The van der Waals surface area contributed by atoms with Crippen LogP contribution in [0.1, 0.15) is 38.1 Å². The van der Waals surface area contributed by atoms with Gasteiger partial charge in [-0.2, -0.15) is 0 Å². The summed E-state index contributed by atoms with van der Waals surface area (Å²) in [5.41, 5.74) is -0.983. The number of Topliss-reactive ketones (excluding diaryl/α,β-unsaturated/α-hetero) is 1. The zero-order chi connectivity index (χ0) is 15.5. The average Bonchev–Trinajstić information content (AvgIpc) is 2.25. The molecule has 4 nitrogen and oxygen atoms in total. The average molecular weight is 285 g/mol. The van der Waals surface area contributed by atoms with E-state index in [1.165, 1.54) is 6.92 Å². The van der Waals surface area contributed by atoms with Crippen molar-refractivity contribution in [3.8, 4) is 0 Å². The van der Waals surface area contributed by atoms with Gasteiger partial charge in [0.15, 0.2) is 5.78 Å². The summed E-state index contributed by atoms with van der Waals surface area (Å²) < 4.78 is 31.2. The van der Waals surface area contributed by atoms with Gasteiger partial charge in [0.2, 0.25) is 0 Å². The van der Waals surface area contributed by atoms with E-state index in [-0.39, 0.29) is 5.56 Å². The lowest BCUT2D eigenvalue weighted by Crippen LogP contribution is -2.41. The van der Waals surface area contributed by atoms with Crippen molar-refractivity contribution in [1.82, 2.24) is 5.32 Å². The van der Waals surface area contributed by atoms with Gasteiger partial charge < -0.3 is 10.1 Å². The van der Waals surface area contributed by atoms with Crippen LogP contribution in [0, 0.1) is 11.6 Å². The largest absolute Gasteiger partial charge is 0.444 e. The van der Waals surface area contributed by atoms with Crippen LogP contribution in [0.2, 0.25) is 0 Å². The first-order valence-electron chi connectivity index (χ1n) is 6.09. The van der Waals surface area contributed by atoms with Crippen LogP contribution in [0.4, 0.5) is 13.6 Å². The number of ketones is 1. The molecule has 110 valence electrons. The van der Waals surface area contributed by atoms with Gasteiger partial charge in [-0.3, -0.25) is 4.79 Å². The first-order valence-corrected chi connectivity index (χ1v) is 6.09. The molecule has 1 N–H and O–H groups in total. The van der Waals surface area contributed by atoms with Crippen molar-refractivity contribution in [3.05, 3.63) is 35.4 Å². The van der Waals surface area contributed by atoms with E-state index in [4.69, 9.17) is 4.74 Å². The lowest BCUT2D eigenvalue weighted by atomic mass is 10.0. The third kappa shape index (κ3) is 4.60. The molecule has 0 fully saturated rings. The molecule has 1 unspecified atom stereocenters. The zero-order valence-electron chi connectivity index (χ0n) is 11.8. The van der Waals surface area contributed by atoms with Crippen LogP contribution in [-0.2, 0) is 4.74 Å². The second kappa shape index (κ2) is 5.98. The number of amides is 1. The molecule has 0 aliphatic carbocycles. The number of carbonyl (C=O) groups excluding carboxylic acids is 2. The zero-order valence-corrected chi connectivity index (χ0v) is 11.8. The fourth-order valence-electron chi connectivity index (χ4n) is 1.47. The molecule has 1 aromatic carbocycles. The standard InChI is InChI=1S/C14H17F2NO3/c1-8(17-13(19)20-14(2,3)4)12(18)10-6-5-9(15)7-11(10)16/h5-8H,1-4H3,(H,17,19). The van der Waals surface area contributed by atoms with Crippen molar-refractivity contribution in [2.45, 2.75) is 39.3 Å². The molecule has 0 radical (unpaired) electrons. The summed E-state index contributed by atoms with van der Waals surface area (Å²) in [6.07, 6.45) is -0.777. The lowest BCUT2D eigenvalue weighted by Gasteiger charge is -2.21. The van der Waals surface area contributed by atoms with E-state index in [2.05, 4.69) is 5.32 Å². The van der Waals surface area contributed by atoms with Gasteiger partial charge in [-0.25, -0.2) is 13.6 Å². The maximum Gasteiger partial charge on any atom is 0.408 e. The van der Waals surface area contributed by atoms with Gasteiger partial charge >= 0.3 is 6.09 Å². The smallest absolute Gasteiger partial charge is 0.408 e. The van der Waals surface area contributed by atoms with Crippen molar-refractivity contribution in [1.29, 1.82) is 0 Å². The van der Waals surface area contributed by atoms with Crippen molar-refractivity contribution in [2.24, 2.45) is 0 Å². The van der Waals surface area contributed by atoms with E-state index < -0.39 is 35.2 Å². The predicted octanol–water partition coefficient (Wildman–Crippen LogP) is 3.06. The van der Waals surface area contributed by atoms with E-state index in [0.29, 0.717) is 6.07 Å². The molecule has 0 saturated heterocycles. The highest BCUT2D eigenvalue weighted by Crippen LogP contribution is 2.12. The number of carbonyl (C=O) groups is 2. The highest BCUT2D eigenvalue weighted by Gasteiger charge is 2.23. The first-order chi connectivity index (χ1) is 9.10. The molecule has 20 heavy (non-hydrogen) atoms. The molecular weight excluding hydrogens is 268 g/mol. The normalized spacial score (nSPS) is 12.7. The summed E-state index contributed by atoms with van der Waals surface area (Å²) in [7, 11) is 0. The Kier molecular flexibility index (Phi) is 4.81. The van der Waals surface area contributed by atoms with Crippen molar-refractivity contribution >= 4 is 11.9 Å². The number of hydrogen-bond donors (Lipinski definition) is 1. The Morgan fingerprint density at radius 2 is 1.85 bits per heavy atom. The third-order valence-corrected chi connectivity index (χ3v) is 2.32. The third-order valence-electron chi connectivity index (χ3n) is 2.32. The monoisotopic (exact) mass is 285 g/mol. The van der Waals surface area contributed by atoms with Crippen LogP contribution >= 0.6 is 0 Å². The topological polar surface area (TPSA) is 55.4 Å². The molecule has 1 rings (SSSR count). The Morgan fingerprint density at radius 3 is 2.35 bits per heavy atom. The molecule has 1 amide bonds. The minimum atomic E-state index is -0.982. The molecule has 1 atom stereocenters. The van der Waals surface area contributed by atoms with Crippen LogP contribution in [0.15, 0.2) is 18.2 Å². The number of nitrogens with one attached hydrogen (secondary N) is 1. The molecular formula is C14H17F2NO3. The summed E-state index contributed by atoms with van der Waals surface area (Å²) in [4.78, 5) is 23.4. The fraction of sp³-hybridized carbons (Fsp3) is 0.429. The van der Waals surface area contributed by atoms with Crippen molar-refractivity contribution in [2.75, 3.05) is 0 Å². The van der Waals surface area contributed by atoms with Crippen LogP contribution in [0.25, 0.3) is 0 Å². The first kappa shape index (κ1) is 16.1. The summed E-state index contributed by atoms with van der Waals surface area (Å²) in [5.74, 6) is -2.40. The Hall–Kier alpha value is -1.98. The van der Waals surface area contributed by atoms with Crippen LogP contribution in [0.3, 0.4) is 0 Å². The van der Waals surface area contributed by atoms with Crippen LogP contribution < -0.4 is 5.32 Å². The highest BCUT2D eigenvalue weighted by molar-refractivity contribution is 6.01. The molecule has 0 spiro atoms. The van der Waals surface area contributed by atoms with E-state index in [0.717, 1.165) is 12.1 Å². The summed E-state index contributed by atoms with van der Waals surface area (Å²) in [6, 6.07) is 1.66.